The summed E-state index contributed by atoms with van der Waals surface area (Å²) in [5.74, 6) is 0.979. The lowest BCUT2D eigenvalue weighted by atomic mass is 9.98. The second-order valence-corrected chi connectivity index (χ2v) is 10.2. The van der Waals surface area contributed by atoms with Crippen molar-refractivity contribution in [1.82, 2.24) is 4.90 Å². The molecule has 0 N–H and O–H groups in total. The highest BCUT2D eigenvalue weighted by atomic mass is 32.2. The van der Waals surface area contributed by atoms with Crippen molar-refractivity contribution in [1.29, 1.82) is 0 Å². The van der Waals surface area contributed by atoms with Gasteiger partial charge in [0.1, 0.15) is 18.1 Å². The van der Waals surface area contributed by atoms with Crippen LogP contribution in [0.2, 0.25) is 0 Å². The maximum atomic E-state index is 13.9. The zero-order valence-electron chi connectivity index (χ0n) is 21.3. The molecule has 0 saturated heterocycles. The van der Waals surface area contributed by atoms with Gasteiger partial charge >= 0.3 is 0 Å². The maximum Gasteiger partial charge on any atom is 0.249 e. The predicted molar refractivity (Wildman–Crippen MR) is 147 cm³/mol. The first-order valence-electron chi connectivity index (χ1n) is 12.5. The fourth-order valence-electron chi connectivity index (χ4n) is 4.33. The first kappa shape index (κ1) is 25.9. The molecular weight excluding hydrogens is 470 g/mol. The molecule has 0 aliphatic carbocycles. The summed E-state index contributed by atoms with van der Waals surface area (Å²) in [5.41, 5.74) is 1.94. The molecule has 0 bridgehead atoms. The van der Waals surface area contributed by atoms with Crippen LogP contribution in [0.3, 0.4) is 0 Å². The summed E-state index contributed by atoms with van der Waals surface area (Å²) in [6, 6.07) is 22.4. The third-order valence-corrected chi connectivity index (χ3v) is 7.70. The van der Waals surface area contributed by atoms with Gasteiger partial charge in [-0.15, -0.1) is 0 Å². The van der Waals surface area contributed by atoms with Crippen LogP contribution in [-0.2, 0) is 0 Å². The van der Waals surface area contributed by atoms with Gasteiger partial charge in [-0.1, -0.05) is 50.2 Å². The molecule has 1 heterocycles. The van der Waals surface area contributed by atoms with E-state index in [1.807, 2.05) is 68.4 Å². The fourth-order valence-corrected chi connectivity index (χ4v) is 5.81. The highest BCUT2D eigenvalue weighted by Gasteiger charge is 2.31. The van der Waals surface area contributed by atoms with E-state index in [1.54, 1.807) is 18.2 Å². The van der Waals surface area contributed by atoms with E-state index in [1.165, 1.54) is 0 Å². The number of likely N-dealkylation sites (N-methyl/N-ethyl adjacent to an activating group) is 1. The Morgan fingerprint density at radius 1 is 0.944 bits per heavy atom. The van der Waals surface area contributed by atoms with Gasteiger partial charge in [-0.3, -0.25) is 4.79 Å². The Morgan fingerprint density at radius 2 is 1.61 bits per heavy atom. The molecule has 36 heavy (non-hydrogen) atoms. The molecule has 0 saturated carbocycles. The van der Waals surface area contributed by atoms with Crippen LogP contribution in [0.1, 0.15) is 42.9 Å². The van der Waals surface area contributed by atoms with Gasteiger partial charge in [-0.05, 0) is 79.6 Å². The molecule has 4 rings (SSSR count). The van der Waals surface area contributed by atoms with Gasteiger partial charge < -0.3 is 18.9 Å². The molecule has 0 radical (unpaired) electrons. The highest BCUT2D eigenvalue weighted by Crippen LogP contribution is 2.45. The van der Waals surface area contributed by atoms with E-state index in [4.69, 9.17) is 9.47 Å². The van der Waals surface area contributed by atoms with Gasteiger partial charge in [0.05, 0.1) is 17.2 Å². The highest BCUT2D eigenvalue weighted by molar-refractivity contribution is 7.33. The third kappa shape index (κ3) is 5.46. The minimum Gasteiger partial charge on any atom is -0.590 e. The average Bonchev–Trinajstić information content (AvgIpc) is 3.19. The minimum absolute atomic E-state index is 0.0899. The first-order chi connectivity index (χ1) is 17.4. The Hall–Kier alpha value is -3.19. The number of fused-ring (bicyclic) bond motifs is 1. The predicted octanol–water partition coefficient (Wildman–Crippen LogP) is 6.97. The van der Waals surface area contributed by atoms with Crippen LogP contribution in [0.5, 0.6) is 11.5 Å². The Labute approximate surface area is 216 Å². The van der Waals surface area contributed by atoms with Crippen molar-refractivity contribution in [2.24, 2.45) is 0 Å². The Balaban J connectivity index is 1.72. The van der Waals surface area contributed by atoms with Crippen molar-refractivity contribution in [2.75, 3.05) is 26.2 Å². The molecule has 1 atom stereocenters. The molecule has 5 nitrogen and oxygen atoms in total. The molecule has 3 aromatic carbocycles. The van der Waals surface area contributed by atoms with Crippen molar-refractivity contribution in [3.05, 3.63) is 83.2 Å². The summed E-state index contributed by atoms with van der Waals surface area (Å²) < 4.78 is 26.1. The molecule has 0 aliphatic heterocycles. The van der Waals surface area contributed by atoms with E-state index in [9.17, 15) is 9.35 Å². The standard InChI is InChI=1S/C30H33NO4S/c1-5-31(6-2)19-20-34-23-17-15-22(16-18-23)28-25-12-8-10-14-27(25)36(33)30(28)29(32)24-11-7-9-13-26(24)35-21(3)4/h7-18,21H,5-6,19-20H2,1-4H3. The second kappa shape index (κ2) is 11.7. The van der Waals surface area contributed by atoms with Crippen LogP contribution in [0, 0.1) is 0 Å². The molecule has 0 spiro atoms. The van der Waals surface area contributed by atoms with Crippen LogP contribution in [-0.4, -0.2) is 47.6 Å². The molecular formula is C30H33NO4S. The van der Waals surface area contributed by atoms with Crippen LogP contribution >= 0.6 is 10.8 Å². The molecule has 4 aromatic rings. The monoisotopic (exact) mass is 503 g/mol. The number of carbonyl (C=O) groups is 1. The lowest BCUT2D eigenvalue weighted by Gasteiger charge is -2.18. The van der Waals surface area contributed by atoms with Gasteiger partial charge in [0.15, 0.2) is 4.70 Å². The fraction of sp³-hybridized carbons (Fsp3) is 0.300. The number of hydrogen-bond acceptors (Lipinski definition) is 5. The average molecular weight is 504 g/mol. The molecule has 1 aromatic heterocycles. The van der Waals surface area contributed by atoms with Crippen LogP contribution in [0.25, 0.3) is 21.2 Å². The quantitative estimate of drug-likeness (QED) is 0.163. The van der Waals surface area contributed by atoms with Crippen LogP contribution in [0.15, 0.2) is 72.8 Å². The zero-order valence-corrected chi connectivity index (χ0v) is 22.1. The Bertz CT molecular complexity index is 1320. The van der Waals surface area contributed by atoms with Crippen LogP contribution < -0.4 is 9.47 Å². The molecule has 6 heteroatoms. The van der Waals surface area contributed by atoms with E-state index in [0.717, 1.165) is 36.3 Å². The van der Waals surface area contributed by atoms with E-state index in [2.05, 4.69) is 18.7 Å². The molecule has 0 amide bonds. The minimum atomic E-state index is -1.60. The summed E-state index contributed by atoms with van der Waals surface area (Å²) >= 11 is 0. The summed E-state index contributed by atoms with van der Waals surface area (Å²) in [4.78, 5) is 16.5. The van der Waals surface area contributed by atoms with Gasteiger partial charge in [0.25, 0.3) is 0 Å². The molecule has 0 aliphatic rings. The number of ketones is 1. The molecule has 0 fully saturated rings. The smallest absolute Gasteiger partial charge is 0.249 e. The number of thiophene rings is 1. The van der Waals surface area contributed by atoms with Gasteiger partial charge in [-0.2, -0.15) is 0 Å². The number of nitrogens with zero attached hydrogens (tertiary/aromatic N) is 1. The first-order valence-corrected chi connectivity index (χ1v) is 13.6. The largest absolute Gasteiger partial charge is 0.590 e. The zero-order chi connectivity index (χ0) is 25.7. The maximum absolute atomic E-state index is 13.9. The lowest BCUT2D eigenvalue weighted by Crippen LogP contribution is -2.27. The normalized spacial score (nSPS) is 11.9. The topological polar surface area (TPSA) is 61.8 Å². The van der Waals surface area contributed by atoms with Crippen molar-refractivity contribution in [3.8, 4) is 22.6 Å². The van der Waals surface area contributed by atoms with Crippen molar-refractivity contribution < 1.29 is 18.8 Å². The van der Waals surface area contributed by atoms with Gasteiger partial charge in [0.2, 0.25) is 10.7 Å². The van der Waals surface area contributed by atoms with E-state index >= 15 is 0 Å². The van der Waals surface area contributed by atoms with Crippen molar-refractivity contribution in [3.63, 3.8) is 0 Å². The third-order valence-electron chi connectivity index (χ3n) is 6.18. The van der Waals surface area contributed by atoms with E-state index < -0.39 is 10.8 Å². The molecule has 188 valence electrons. The van der Waals surface area contributed by atoms with Gasteiger partial charge in [0, 0.05) is 11.9 Å². The second-order valence-electron chi connectivity index (χ2n) is 8.86. The summed E-state index contributed by atoms with van der Waals surface area (Å²) in [6.45, 7) is 11.6. The number of para-hydroxylation sites is 1. The lowest BCUT2D eigenvalue weighted by molar-refractivity contribution is 0.103. The van der Waals surface area contributed by atoms with E-state index in [-0.39, 0.29) is 16.8 Å². The number of hydrogen-bond donors (Lipinski definition) is 0. The summed E-state index contributed by atoms with van der Waals surface area (Å²) in [6.07, 6.45) is -0.0899. The number of rotatable bonds is 11. The Morgan fingerprint density at radius 3 is 2.31 bits per heavy atom. The van der Waals surface area contributed by atoms with Crippen molar-refractivity contribution in [2.45, 2.75) is 33.8 Å². The van der Waals surface area contributed by atoms with Crippen LogP contribution in [0.4, 0.5) is 0 Å². The van der Waals surface area contributed by atoms with Crippen molar-refractivity contribution >= 4 is 26.6 Å². The van der Waals surface area contributed by atoms with E-state index in [0.29, 0.717) is 28.2 Å². The van der Waals surface area contributed by atoms with Gasteiger partial charge in [-0.25, -0.2) is 0 Å². The molecule has 1 unspecified atom stereocenters. The summed E-state index contributed by atoms with van der Waals surface area (Å²) in [7, 11) is -1.60. The number of carbonyl (C=O) groups excluding carboxylic acids is 1. The Kier molecular flexibility index (Phi) is 8.41. The number of ether oxygens (including phenoxy) is 2. The summed E-state index contributed by atoms with van der Waals surface area (Å²) in [5, 5.41) is 0.816. The number of benzene rings is 3. The SMILES string of the molecule is CCN(CC)CCOc1ccc(-c2c(C(=O)c3ccccc3OC(C)C)[s+]([O-])c3ccccc23)cc1.